The summed E-state index contributed by atoms with van der Waals surface area (Å²) in [6, 6.07) is 5.66. The Labute approximate surface area is 117 Å². The van der Waals surface area contributed by atoms with E-state index in [2.05, 4.69) is 17.3 Å². The van der Waals surface area contributed by atoms with Crippen LogP contribution in [-0.2, 0) is 20.1 Å². The number of aryl methyl sites for hydroxylation is 1. The van der Waals surface area contributed by atoms with Crippen LogP contribution in [0.5, 0.6) is 0 Å². The number of halogens is 2. The van der Waals surface area contributed by atoms with Crippen LogP contribution in [0.1, 0.15) is 16.8 Å². The van der Waals surface area contributed by atoms with E-state index in [-0.39, 0.29) is 0 Å². The second kappa shape index (κ2) is 5.74. The number of rotatable bonds is 4. The van der Waals surface area contributed by atoms with Gasteiger partial charge in [-0.05, 0) is 18.6 Å². The maximum atomic E-state index is 6.12. The zero-order valence-corrected chi connectivity index (χ0v) is 11.9. The molecule has 1 aromatic heterocycles. The molecule has 1 heterocycles. The SMILES string of the molecule is Cc1c(CNCc2cccc(Cl)c2Cl)cnn1C. The molecule has 0 aliphatic heterocycles. The monoisotopic (exact) mass is 283 g/mol. The van der Waals surface area contributed by atoms with Gasteiger partial charge in [0.05, 0.1) is 16.2 Å². The average Bonchev–Trinajstić information content (AvgIpc) is 2.66. The Kier molecular flexibility index (Phi) is 4.27. The quantitative estimate of drug-likeness (QED) is 0.933. The van der Waals surface area contributed by atoms with Gasteiger partial charge in [-0.3, -0.25) is 4.68 Å². The van der Waals surface area contributed by atoms with Crippen LogP contribution >= 0.6 is 23.2 Å². The van der Waals surface area contributed by atoms with Gasteiger partial charge in [0.1, 0.15) is 0 Å². The Balaban J connectivity index is 1.97. The number of hydrogen-bond acceptors (Lipinski definition) is 2. The summed E-state index contributed by atoms with van der Waals surface area (Å²) >= 11 is 12.1. The first-order valence-electron chi connectivity index (χ1n) is 5.70. The predicted molar refractivity (Wildman–Crippen MR) is 75.0 cm³/mol. The second-order valence-electron chi connectivity index (χ2n) is 4.20. The fraction of sp³-hybridized carbons (Fsp3) is 0.308. The van der Waals surface area contributed by atoms with E-state index in [0.717, 1.165) is 12.1 Å². The van der Waals surface area contributed by atoms with Crippen LogP contribution in [0.2, 0.25) is 10.0 Å². The fourth-order valence-corrected chi connectivity index (χ4v) is 2.12. The van der Waals surface area contributed by atoms with Gasteiger partial charge < -0.3 is 5.32 Å². The van der Waals surface area contributed by atoms with Gasteiger partial charge in [0.2, 0.25) is 0 Å². The minimum atomic E-state index is 0.591. The molecule has 0 saturated heterocycles. The largest absolute Gasteiger partial charge is 0.308 e. The molecule has 5 heteroatoms. The van der Waals surface area contributed by atoms with Crippen molar-refractivity contribution >= 4 is 23.2 Å². The van der Waals surface area contributed by atoms with Crippen molar-refractivity contribution in [1.82, 2.24) is 15.1 Å². The van der Waals surface area contributed by atoms with E-state index in [1.54, 1.807) is 6.07 Å². The number of nitrogens with zero attached hydrogens (tertiary/aromatic N) is 2. The maximum Gasteiger partial charge on any atom is 0.0637 e. The minimum Gasteiger partial charge on any atom is -0.308 e. The first kappa shape index (κ1) is 13.4. The van der Waals surface area contributed by atoms with Gasteiger partial charge in [-0.2, -0.15) is 5.10 Å². The van der Waals surface area contributed by atoms with E-state index < -0.39 is 0 Å². The van der Waals surface area contributed by atoms with Crippen molar-refractivity contribution in [2.45, 2.75) is 20.0 Å². The summed E-state index contributed by atoms with van der Waals surface area (Å²) in [4.78, 5) is 0. The Morgan fingerprint density at radius 1 is 1.22 bits per heavy atom. The van der Waals surface area contributed by atoms with Crippen LogP contribution in [0, 0.1) is 6.92 Å². The zero-order valence-electron chi connectivity index (χ0n) is 10.4. The van der Waals surface area contributed by atoms with Crippen LogP contribution in [0.3, 0.4) is 0 Å². The van der Waals surface area contributed by atoms with Gasteiger partial charge in [0, 0.05) is 31.4 Å². The van der Waals surface area contributed by atoms with Gasteiger partial charge in [0.15, 0.2) is 0 Å². The third-order valence-corrected chi connectivity index (χ3v) is 3.86. The molecule has 2 rings (SSSR count). The first-order valence-corrected chi connectivity index (χ1v) is 6.46. The van der Waals surface area contributed by atoms with Gasteiger partial charge in [-0.15, -0.1) is 0 Å². The Bertz CT molecular complexity index is 549. The molecule has 1 N–H and O–H groups in total. The van der Waals surface area contributed by atoms with Crippen molar-refractivity contribution in [3.05, 3.63) is 51.3 Å². The summed E-state index contributed by atoms with van der Waals surface area (Å²) in [6.45, 7) is 3.51. The van der Waals surface area contributed by atoms with Crippen molar-refractivity contribution < 1.29 is 0 Å². The predicted octanol–water partition coefficient (Wildman–Crippen LogP) is 3.33. The summed E-state index contributed by atoms with van der Waals surface area (Å²) in [5.41, 5.74) is 3.36. The Hall–Kier alpha value is -1.03. The molecule has 0 aliphatic rings. The van der Waals surface area contributed by atoms with Crippen molar-refractivity contribution in [1.29, 1.82) is 0 Å². The summed E-state index contributed by atoms with van der Waals surface area (Å²) in [5, 5.41) is 8.76. The summed E-state index contributed by atoms with van der Waals surface area (Å²) in [6.07, 6.45) is 1.88. The summed E-state index contributed by atoms with van der Waals surface area (Å²) in [5.74, 6) is 0. The highest BCUT2D eigenvalue weighted by atomic mass is 35.5. The van der Waals surface area contributed by atoms with Crippen LogP contribution in [-0.4, -0.2) is 9.78 Å². The molecule has 18 heavy (non-hydrogen) atoms. The lowest BCUT2D eigenvalue weighted by molar-refractivity contribution is 0.685. The molecule has 0 aliphatic carbocycles. The minimum absolute atomic E-state index is 0.591. The standard InChI is InChI=1S/C13H15Cl2N3/c1-9-11(8-17-18(9)2)7-16-6-10-4-3-5-12(14)13(10)15/h3-5,8,16H,6-7H2,1-2H3. The molecule has 2 aromatic rings. The molecule has 0 atom stereocenters. The van der Waals surface area contributed by atoms with Crippen LogP contribution in [0.4, 0.5) is 0 Å². The second-order valence-corrected chi connectivity index (χ2v) is 4.98. The van der Waals surface area contributed by atoms with E-state index in [1.807, 2.05) is 30.1 Å². The summed E-state index contributed by atoms with van der Waals surface area (Å²) < 4.78 is 1.86. The van der Waals surface area contributed by atoms with Gasteiger partial charge >= 0.3 is 0 Å². The van der Waals surface area contributed by atoms with Gasteiger partial charge in [0.25, 0.3) is 0 Å². The molecule has 0 spiro atoms. The zero-order chi connectivity index (χ0) is 13.1. The van der Waals surface area contributed by atoms with Crippen molar-refractivity contribution in [2.75, 3.05) is 0 Å². The number of nitrogens with one attached hydrogen (secondary N) is 1. The molecule has 0 fully saturated rings. The maximum absolute atomic E-state index is 6.12. The van der Waals surface area contributed by atoms with E-state index in [9.17, 15) is 0 Å². The smallest absolute Gasteiger partial charge is 0.0637 e. The molecule has 3 nitrogen and oxygen atoms in total. The normalized spacial score (nSPS) is 10.9. The molecular formula is C13H15Cl2N3. The first-order chi connectivity index (χ1) is 8.59. The third-order valence-electron chi connectivity index (χ3n) is 3.00. The van der Waals surface area contributed by atoms with Crippen molar-refractivity contribution in [2.24, 2.45) is 7.05 Å². The number of benzene rings is 1. The fourth-order valence-electron chi connectivity index (χ4n) is 1.73. The number of aromatic nitrogens is 2. The number of hydrogen-bond donors (Lipinski definition) is 1. The molecule has 0 unspecified atom stereocenters. The molecule has 96 valence electrons. The molecule has 0 radical (unpaired) electrons. The lowest BCUT2D eigenvalue weighted by Gasteiger charge is -2.07. The Morgan fingerprint density at radius 2 is 1.94 bits per heavy atom. The third kappa shape index (κ3) is 2.86. The van der Waals surface area contributed by atoms with Crippen LogP contribution in [0.25, 0.3) is 0 Å². The molecular weight excluding hydrogens is 269 g/mol. The van der Waals surface area contributed by atoms with Crippen LogP contribution < -0.4 is 5.32 Å². The molecule has 1 aromatic carbocycles. The van der Waals surface area contributed by atoms with E-state index in [4.69, 9.17) is 23.2 Å². The topological polar surface area (TPSA) is 29.9 Å². The highest BCUT2D eigenvalue weighted by molar-refractivity contribution is 6.42. The molecule has 0 saturated carbocycles. The van der Waals surface area contributed by atoms with Crippen molar-refractivity contribution in [3.8, 4) is 0 Å². The lowest BCUT2D eigenvalue weighted by Crippen LogP contribution is -2.13. The summed E-state index contributed by atoms with van der Waals surface area (Å²) in [7, 11) is 1.94. The van der Waals surface area contributed by atoms with Crippen LogP contribution in [0.15, 0.2) is 24.4 Å². The van der Waals surface area contributed by atoms with E-state index >= 15 is 0 Å². The molecule has 0 bridgehead atoms. The Morgan fingerprint density at radius 3 is 2.61 bits per heavy atom. The van der Waals surface area contributed by atoms with Gasteiger partial charge in [-0.25, -0.2) is 0 Å². The van der Waals surface area contributed by atoms with E-state index in [0.29, 0.717) is 16.6 Å². The van der Waals surface area contributed by atoms with Gasteiger partial charge in [-0.1, -0.05) is 35.3 Å². The molecule has 0 amide bonds. The lowest BCUT2D eigenvalue weighted by atomic mass is 10.2. The average molecular weight is 284 g/mol. The highest BCUT2D eigenvalue weighted by Gasteiger charge is 2.05. The van der Waals surface area contributed by atoms with E-state index in [1.165, 1.54) is 11.3 Å². The highest BCUT2D eigenvalue weighted by Crippen LogP contribution is 2.25. The van der Waals surface area contributed by atoms with Crippen molar-refractivity contribution in [3.63, 3.8) is 0 Å².